The number of para-hydroxylation sites is 1. The molecule has 0 saturated carbocycles. The minimum absolute atomic E-state index is 0. The molecule has 2 unspecified atom stereocenters. The van der Waals surface area contributed by atoms with E-state index in [-0.39, 0.29) is 30.1 Å². The highest BCUT2D eigenvalue weighted by Gasteiger charge is 2.42. The fourth-order valence-corrected chi connectivity index (χ4v) is 3.38. The van der Waals surface area contributed by atoms with Crippen molar-refractivity contribution in [3.05, 3.63) is 47.5 Å². The first-order valence-electron chi connectivity index (χ1n) is 8.65. The number of alkyl halides is 3. The second-order valence-electron chi connectivity index (χ2n) is 6.78. The number of piperidine rings is 1. The van der Waals surface area contributed by atoms with E-state index in [2.05, 4.69) is 5.10 Å². The van der Waals surface area contributed by atoms with Gasteiger partial charge in [0, 0.05) is 19.1 Å². The number of amides is 1. The van der Waals surface area contributed by atoms with Gasteiger partial charge in [-0.3, -0.25) is 4.79 Å². The van der Waals surface area contributed by atoms with Gasteiger partial charge < -0.3 is 10.6 Å². The lowest BCUT2D eigenvalue weighted by molar-refractivity contribution is -0.143. The minimum atomic E-state index is -4.87. The summed E-state index contributed by atoms with van der Waals surface area (Å²) >= 11 is 0. The molecule has 1 amide bonds. The van der Waals surface area contributed by atoms with E-state index < -0.39 is 29.2 Å². The zero-order chi connectivity index (χ0) is 19.8. The molecule has 1 aromatic heterocycles. The number of hydrogen-bond acceptors (Lipinski definition) is 3. The minimum Gasteiger partial charge on any atom is -0.338 e. The molecule has 1 aliphatic rings. The van der Waals surface area contributed by atoms with E-state index in [9.17, 15) is 22.4 Å². The molecule has 0 radical (unpaired) electrons. The molecule has 154 valence electrons. The van der Waals surface area contributed by atoms with Gasteiger partial charge >= 0.3 is 6.18 Å². The van der Waals surface area contributed by atoms with Crippen molar-refractivity contribution in [1.82, 2.24) is 14.7 Å². The Morgan fingerprint density at radius 1 is 1.32 bits per heavy atom. The first-order chi connectivity index (χ1) is 12.7. The summed E-state index contributed by atoms with van der Waals surface area (Å²) in [5, 5.41) is 3.67. The summed E-state index contributed by atoms with van der Waals surface area (Å²) in [5.74, 6) is -1.60. The van der Waals surface area contributed by atoms with Gasteiger partial charge in [-0.2, -0.15) is 18.3 Å². The molecule has 5 nitrogen and oxygen atoms in total. The van der Waals surface area contributed by atoms with Gasteiger partial charge in [0.1, 0.15) is 11.5 Å². The van der Waals surface area contributed by atoms with Crippen LogP contribution in [0.2, 0.25) is 0 Å². The largest absolute Gasteiger partial charge is 0.434 e. The average Bonchev–Trinajstić information content (AvgIpc) is 3.06. The highest BCUT2D eigenvalue weighted by Crippen LogP contribution is 2.35. The van der Waals surface area contributed by atoms with Gasteiger partial charge in [0.25, 0.3) is 5.91 Å². The molecule has 2 heterocycles. The van der Waals surface area contributed by atoms with E-state index in [1.165, 1.54) is 23.1 Å². The maximum Gasteiger partial charge on any atom is 0.434 e. The van der Waals surface area contributed by atoms with Crippen molar-refractivity contribution in [2.45, 2.75) is 32.0 Å². The fraction of sp³-hybridized carbons (Fsp3) is 0.444. The van der Waals surface area contributed by atoms with Crippen molar-refractivity contribution in [1.29, 1.82) is 0 Å². The topological polar surface area (TPSA) is 64.2 Å². The average molecular weight is 421 g/mol. The molecule has 3 rings (SSSR count). The maximum atomic E-state index is 14.0. The Morgan fingerprint density at radius 2 is 2.00 bits per heavy atom. The predicted molar refractivity (Wildman–Crippen MR) is 98.0 cm³/mol. The molecule has 1 aliphatic heterocycles. The summed E-state index contributed by atoms with van der Waals surface area (Å²) < 4.78 is 55.6. The highest BCUT2D eigenvalue weighted by atomic mass is 35.5. The normalized spacial score (nSPS) is 18.5. The molecule has 1 fully saturated rings. The van der Waals surface area contributed by atoms with Crippen LogP contribution in [0.3, 0.4) is 0 Å². The monoisotopic (exact) mass is 420 g/mol. The highest BCUT2D eigenvalue weighted by molar-refractivity contribution is 5.95. The number of hydrogen-bond donors (Lipinski definition) is 1. The third-order valence-electron chi connectivity index (χ3n) is 4.84. The maximum absolute atomic E-state index is 14.0. The molecule has 2 N–H and O–H groups in total. The predicted octanol–water partition coefficient (Wildman–Crippen LogP) is 3.65. The summed E-state index contributed by atoms with van der Waals surface area (Å²) in [6.45, 7) is 2.46. The van der Waals surface area contributed by atoms with Crippen molar-refractivity contribution in [2.24, 2.45) is 11.7 Å². The Bertz CT molecular complexity index is 837. The second-order valence-corrected chi connectivity index (χ2v) is 6.78. The molecule has 2 aromatic rings. The zero-order valence-corrected chi connectivity index (χ0v) is 15.9. The van der Waals surface area contributed by atoms with Crippen LogP contribution in [0.15, 0.2) is 30.5 Å². The van der Waals surface area contributed by atoms with Crippen LogP contribution in [0.5, 0.6) is 0 Å². The van der Waals surface area contributed by atoms with Crippen LogP contribution < -0.4 is 5.73 Å². The van der Waals surface area contributed by atoms with E-state index >= 15 is 0 Å². The molecule has 28 heavy (non-hydrogen) atoms. The number of aromatic nitrogens is 2. The summed E-state index contributed by atoms with van der Waals surface area (Å²) in [6.07, 6.45) is -2.53. The lowest BCUT2D eigenvalue weighted by Crippen LogP contribution is -2.45. The molecule has 10 heteroatoms. The van der Waals surface area contributed by atoms with Crippen molar-refractivity contribution in [3.63, 3.8) is 0 Å². The lowest BCUT2D eigenvalue weighted by Gasteiger charge is -2.34. The molecule has 0 aliphatic carbocycles. The third-order valence-corrected chi connectivity index (χ3v) is 4.84. The number of carbonyl (C=O) groups is 1. The Morgan fingerprint density at radius 3 is 2.61 bits per heavy atom. The zero-order valence-electron chi connectivity index (χ0n) is 15.1. The van der Waals surface area contributed by atoms with Crippen LogP contribution in [0.25, 0.3) is 5.69 Å². The van der Waals surface area contributed by atoms with Crippen LogP contribution in [-0.2, 0) is 6.18 Å². The second kappa shape index (κ2) is 8.48. The molecular formula is C18H21ClF4N4O. The van der Waals surface area contributed by atoms with Gasteiger partial charge in [-0.05, 0) is 37.8 Å². The number of benzene rings is 1. The summed E-state index contributed by atoms with van der Waals surface area (Å²) in [6, 6.07) is 4.82. The molecule has 2 atom stereocenters. The van der Waals surface area contributed by atoms with Crippen LogP contribution in [0.1, 0.15) is 35.8 Å². The Hall–Kier alpha value is -2.13. The number of halogens is 5. The number of nitrogens with two attached hydrogens (primary N) is 1. The Kier molecular flexibility index (Phi) is 6.71. The fourth-order valence-electron chi connectivity index (χ4n) is 3.38. The molecule has 1 aromatic carbocycles. The number of nitrogens with zero attached hydrogens (tertiary/aromatic N) is 3. The molecule has 0 spiro atoms. The SMILES string of the molecule is CC(N)C1CCCN(C(=O)c2cnn(-c3ccccc3F)c2C(F)(F)F)C1.Cl. The number of rotatable bonds is 3. The lowest BCUT2D eigenvalue weighted by atomic mass is 9.92. The van der Waals surface area contributed by atoms with Gasteiger partial charge in [0.05, 0.1) is 11.8 Å². The van der Waals surface area contributed by atoms with E-state index in [4.69, 9.17) is 5.73 Å². The quantitative estimate of drug-likeness (QED) is 0.771. The van der Waals surface area contributed by atoms with Gasteiger partial charge in [0.2, 0.25) is 0 Å². The van der Waals surface area contributed by atoms with Gasteiger partial charge in [0.15, 0.2) is 5.69 Å². The van der Waals surface area contributed by atoms with Crippen molar-refractivity contribution in [3.8, 4) is 5.69 Å². The summed E-state index contributed by atoms with van der Waals surface area (Å²) in [7, 11) is 0. The smallest absolute Gasteiger partial charge is 0.338 e. The van der Waals surface area contributed by atoms with Crippen molar-refractivity contribution < 1.29 is 22.4 Å². The van der Waals surface area contributed by atoms with E-state index in [0.717, 1.165) is 18.7 Å². The van der Waals surface area contributed by atoms with Crippen LogP contribution in [-0.4, -0.2) is 39.7 Å². The van der Waals surface area contributed by atoms with Crippen LogP contribution in [0.4, 0.5) is 17.6 Å². The number of carbonyl (C=O) groups excluding carboxylic acids is 1. The third kappa shape index (κ3) is 4.30. The summed E-state index contributed by atoms with van der Waals surface area (Å²) in [4.78, 5) is 14.2. The Labute approximate surface area is 165 Å². The van der Waals surface area contributed by atoms with Crippen LogP contribution >= 0.6 is 12.4 Å². The summed E-state index contributed by atoms with van der Waals surface area (Å²) in [5.41, 5.74) is 3.66. The van der Waals surface area contributed by atoms with Gasteiger partial charge in [-0.1, -0.05) is 12.1 Å². The van der Waals surface area contributed by atoms with Gasteiger partial charge in [-0.25, -0.2) is 9.07 Å². The number of likely N-dealkylation sites (tertiary alicyclic amines) is 1. The standard InChI is InChI=1S/C18H20F4N4O.ClH/c1-11(23)12-5-4-8-25(10-12)17(27)13-9-24-26(16(13)18(20,21)22)15-7-3-2-6-14(15)19;/h2-3,6-7,9,11-12H,4-5,8,10,23H2,1H3;1H. The first kappa shape index (κ1) is 22.2. The van der Waals surface area contributed by atoms with E-state index in [1.54, 1.807) is 0 Å². The van der Waals surface area contributed by atoms with Gasteiger partial charge in [-0.15, -0.1) is 12.4 Å². The van der Waals surface area contributed by atoms with E-state index in [0.29, 0.717) is 24.2 Å². The molecular weight excluding hydrogens is 400 g/mol. The van der Waals surface area contributed by atoms with Crippen molar-refractivity contribution in [2.75, 3.05) is 13.1 Å². The van der Waals surface area contributed by atoms with Crippen LogP contribution in [0, 0.1) is 11.7 Å². The molecule has 1 saturated heterocycles. The molecule has 0 bridgehead atoms. The van der Waals surface area contributed by atoms with E-state index in [1.807, 2.05) is 6.92 Å². The first-order valence-corrected chi connectivity index (χ1v) is 8.65. The van der Waals surface area contributed by atoms with Crippen molar-refractivity contribution >= 4 is 18.3 Å². The Balaban J connectivity index is 0.00000280.